The number of likely N-dealkylation sites (tertiary alicyclic amines) is 1. The molecule has 4 heteroatoms. The Morgan fingerprint density at radius 3 is 2.45 bits per heavy atom. The van der Waals surface area contributed by atoms with Crippen molar-refractivity contribution in [3.63, 3.8) is 0 Å². The summed E-state index contributed by atoms with van der Waals surface area (Å²) in [7, 11) is 0. The summed E-state index contributed by atoms with van der Waals surface area (Å²) < 4.78 is 18.9. The summed E-state index contributed by atoms with van der Waals surface area (Å²) in [6, 6.07) is 16.8. The highest BCUT2D eigenvalue weighted by Crippen LogP contribution is 2.42. The van der Waals surface area contributed by atoms with E-state index in [1.165, 1.54) is 49.9 Å². The standard InChI is InChI=1S/C25H31FN2O/c26-22-7-5-20(6-8-22)17-27-18-21-3-1-2-4-24(21)25(19-27)11-13-28(14-12-25)23-9-15-29-16-10-23/h1-8,23H,9-19H2. The Kier molecular flexibility index (Phi) is 5.42. The number of piperidine rings is 1. The van der Waals surface area contributed by atoms with E-state index in [9.17, 15) is 4.39 Å². The second-order valence-electron chi connectivity index (χ2n) is 9.09. The zero-order valence-corrected chi connectivity index (χ0v) is 17.2. The molecule has 0 radical (unpaired) electrons. The lowest BCUT2D eigenvalue weighted by Gasteiger charge is -2.50. The van der Waals surface area contributed by atoms with Crippen molar-refractivity contribution in [3.05, 3.63) is 71.0 Å². The van der Waals surface area contributed by atoms with Crippen molar-refractivity contribution in [1.82, 2.24) is 9.80 Å². The van der Waals surface area contributed by atoms with Crippen LogP contribution < -0.4 is 0 Å². The number of fused-ring (bicyclic) bond motifs is 2. The minimum absolute atomic E-state index is 0.158. The normalized spacial score (nSPS) is 23.2. The largest absolute Gasteiger partial charge is 0.381 e. The molecule has 0 aliphatic carbocycles. The number of hydrogen-bond donors (Lipinski definition) is 0. The Bertz CT molecular complexity index is 823. The number of nitrogens with zero attached hydrogens (tertiary/aromatic N) is 2. The molecule has 2 fully saturated rings. The predicted molar refractivity (Wildman–Crippen MR) is 113 cm³/mol. The minimum Gasteiger partial charge on any atom is -0.381 e. The first kappa shape index (κ1) is 19.2. The Labute approximate surface area is 173 Å². The van der Waals surface area contributed by atoms with Crippen LogP contribution in [0.25, 0.3) is 0 Å². The molecular weight excluding hydrogens is 363 g/mol. The number of rotatable bonds is 3. The van der Waals surface area contributed by atoms with Gasteiger partial charge in [-0.1, -0.05) is 36.4 Å². The molecule has 2 aromatic carbocycles. The number of ether oxygens (including phenoxy) is 1. The van der Waals surface area contributed by atoms with Crippen molar-refractivity contribution in [2.24, 2.45) is 0 Å². The molecule has 3 aliphatic rings. The molecule has 154 valence electrons. The fraction of sp³-hybridized carbons (Fsp3) is 0.520. The molecule has 0 saturated carbocycles. The third-order valence-corrected chi connectivity index (χ3v) is 7.29. The first-order valence-corrected chi connectivity index (χ1v) is 11.1. The summed E-state index contributed by atoms with van der Waals surface area (Å²) in [6.07, 6.45) is 4.81. The van der Waals surface area contributed by atoms with E-state index in [1.54, 1.807) is 17.7 Å². The number of halogens is 1. The van der Waals surface area contributed by atoms with Crippen LogP contribution >= 0.6 is 0 Å². The zero-order valence-electron chi connectivity index (χ0n) is 17.2. The summed E-state index contributed by atoms with van der Waals surface area (Å²) in [4.78, 5) is 5.29. The van der Waals surface area contributed by atoms with E-state index < -0.39 is 0 Å². The van der Waals surface area contributed by atoms with E-state index in [0.29, 0.717) is 6.04 Å². The van der Waals surface area contributed by atoms with Crippen LogP contribution in [0.4, 0.5) is 4.39 Å². The van der Waals surface area contributed by atoms with Gasteiger partial charge in [-0.25, -0.2) is 4.39 Å². The molecule has 3 nitrogen and oxygen atoms in total. The molecule has 0 unspecified atom stereocenters. The van der Waals surface area contributed by atoms with Crippen molar-refractivity contribution in [2.75, 3.05) is 32.8 Å². The SMILES string of the molecule is Fc1ccc(CN2Cc3ccccc3C3(CCN(C4CCOCC4)CC3)C2)cc1. The molecule has 2 aromatic rings. The quantitative estimate of drug-likeness (QED) is 0.770. The first-order valence-electron chi connectivity index (χ1n) is 11.1. The smallest absolute Gasteiger partial charge is 0.123 e. The van der Waals surface area contributed by atoms with Crippen molar-refractivity contribution in [3.8, 4) is 0 Å². The lowest BCUT2D eigenvalue weighted by Crippen LogP contribution is -2.54. The van der Waals surface area contributed by atoms with Gasteiger partial charge in [0.1, 0.15) is 5.82 Å². The molecule has 3 heterocycles. The third-order valence-electron chi connectivity index (χ3n) is 7.29. The van der Waals surface area contributed by atoms with Crippen LogP contribution in [0.1, 0.15) is 42.4 Å². The van der Waals surface area contributed by atoms with Gasteiger partial charge in [0.05, 0.1) is 0 Å². The summed E-state index contributed by atoms with van der Waals surface area (Å²) in [5.41, 5.74) is 4.49. The van der Waals surface area contributed by atoms with Gasteiger partial charge >= 0.3 is 0 Å². The highest BCUT2D eigenvalue weighted by Gasteiger charge is 2.42. The Hall–Kier alpha value is -1.75. The lowest BCUT2D eigenvalue weighted by atomic mass is 9.68. The topological polar surface area (TPSA) is 15.7 Å². The van der Waals surface area contributed by atoms with Gasteiger partial charge in [0.2, 0.25) is 0 Å². The van der Waals surface area contributed by atoms with Gasteiger partial charge in [0.15, 0.2) is 0 Å². The van der Waals surface area contributed by atoms with Crippen molar-refractivity contribution >= 4 is 0 Å². The van der Waals surface area contributed by atoms with E-state index >= 15 is 0 Å². The molecule has 29 heavy (non-hydrogen) atoms. The lowest BCUT2D eigenvalue weighted by molar-refractivity contribution is 0.00960. The number of hydrogen-bond acceptors (Lipinski definition) is 3. The second-order valence-corrected chi connectivity index (χ2v) is 9.09. The Balaban J connectivity index is 1.34. The maximum absolute atomic E-state index is 13.3. The maximum Gasteiger partial charge on any atom is 0.123 e. The second kappa shape index (κ2) is 8.17. The maximum atomic E-state index is 13.3. The van der Waals surface area contributed by atoms with E-state index in [1.807, 2.05) is 12.1 Å². The highest BCUT2D eigenvalue weighted by atomic mass is 19.1. The van der Waals surface area contributed by atoms with Crippen LogP contribution in [-0.2, 0) is 23.2 Å². The van der Waals surface area contributed by atoms with Crippen LogP contribution in [0.3, 0.4) is 0 Å². The van der Waals surface area contributed by atoms with Crippen LogP contribution in [0.2, 0.25) is 0 Å². The average molecular weight is 395 g/mol. The Morgan fingerprint density at radius 1 is 0.966 bits per heavy atom. The van der Waals surface area contributed by atoms with Gasteiger partial charge in [0, 0.05) is 44.3 Å². The molecule has 0 aromatic heterocycles. The molecule has 0 amide bonds. The molecule has 3 aliphatic heterocycles. The third kappa shape index (κ3) is 3.98. The Morgan fingerprint density at radius 2 is 1.69 bits per heavy atom. The number of benzene rings is 2. The summed E-state index contributed by atoms with van der Waals surface area (Å²) in [5, 5.41) is 0. The van der Waals surface area contributed by atoms with Crippen LogP contribution in [0.15, 0.2) is 48.5 Å². The van der Waals surface area contributed by atoms with E-state index in [0.717, 1.165) is 32.8 Å². The molecule has 1 spiro atoms. The fourth-order valence-corrected chi connectivity index (χ4v) is 5.74. The summed E-state index contributed by atoms with van der Waals surface area (Å²) >= 11 is 0. The zero-order chi connectivity index (χ0) is 19.7. The van der Waals surface area contributed by atoms with Gasteiger partial charge < -0.3 is 9.64 Å². The molecule has 5 rings (SSSR count). The van der Waals surface area contributed by atoms with Gasteiger partial charge in [-0.2, -0.15) is 0 Å². The van der Waals surface area contributed by atoms with E-state index in [2.05, 4.69) is 34.1 Å². The molecular formula is C25H31FN2O. The molecule has 0 atom stereocenters. The van der Waals surface area contributed by atoms with Crippen LogP contribution in [-0.4, -0.2) is 48.7 Å². The van der Waals surface area contributed by atoms with E-state index in [-0.39, 0.29) is 11.2 Å². The van der Waals surface area contributed by atoms with Crippen molar-refractivity contribution in [1.29, 1.82) is 0 Å². The molecule has 0 bridgehead atoms. The van der Waals surface area contributed by atoms with Crippen LogP contribution in [0, 0.1) is 5.82 Å². The highest BCUT2D eigenvalue weighted by molar-refractivity contribution is 5.38. The van der Waals surface area contributed by atoms with Gasteiger partial charge in [-0.05, 0) is 67.6 Å². The average Bonchev–Trinajstić information content (AvgIpc) is 2.77. The first-order chi connectivity index (χ1) is 14.2. The summed E-state index contributed by atoms with van der Waals surface area (Å²) in [5.74, 6) is -0.158. The fourth-order valence-electron chi connectivity index (χ4n) is 5.74. The molecule has 2 saturated heterocycles. The summed E-state index contributed by atoms with van der Waals surface area (Å²) in [6.45, 7) is 7.18. The molecule has 0 N–H and O–H groups in total. The predicted octanol–water partition coefficient (Wildman–Crippen LogP) is 4.35. The van der Waals surface area contributed by atoms with E-state index in [4.69, 9.17) is 4.74 Å². The van der Waals surface area contributed by atoms with Gasteiger partial charge in [-0.15, -0.1) is 0 Å². The van der Waals surface area contributed by atoms with Crippen molar-refractivity contribution < 1.29 is 9.13 Å². The monoisotopic (exact) mass is 394 g/mol. The van der Waals surface area contributed by atoms with Crippen LogP contribution in [0.5, 0.6) is 0 Å². The van der Waals surface area contributed by atoms with Gasteiger partial charge in [-0.3, -0.25) is 4.90 Å². The van der Waals surface area contributed by atoms with Crippen molar-refractivity contribution in [2.45, 2.75) is 50.2 Å². The minimum atomic E-state index is -0.158. The van der Waals surface area contributed by atoms with Gasteiger partial charge in [0.25, 0.3) is 0 Å².